The van der Waals surface area contributed by atoms with Crippen LogP contribution in [-0.4, -0.2) is 48.7 Å². The quantitative estimate of drug-likeness (QED) is 0.678. The molecule has 0 bridgehead atoms. The predicted molar refractivity (Wildman–Crippen MR) is 55.5 cm³/mol. The van der Waals surface area contributed by atoms with Crippen LogP contribution in [0.3, 0.4) is 0 Å². The van der Waals surface area contributed by atoms with Gasteiger partial charge < -0.3 is 14.7 Å². The van der Waals surface area contributed by atoms with Gasteiger partial charge in [0.25, 0.3) is 0 Å². The van der Waals surface area contributed by atoms with Crippen molar-refractivity contribution in [3.05, 3.63) is 0 Å². The molecular weight excluding hydrogens is 198 g/mol. The summed E-state index contributed by atoms with van der Waals surface area (Å²) in [5, 5.41) is 8.63. The van der Waals surface area contributed by atoms with E-state index in [-0.39, 0.29) is 18.4 Å². The zero-order chi connectivity index (χ0) is 11.8. The van der Waals surface area contributed by atoms with Gasteiger partial charge in [-0.1, -0.05) is 13.8 Å². The van der Waals surface area contributed by atoms with Crippen molar-refractivity contribution in [2.45, 2.75) is 20.3 Å². The minimum absolute atomic E-state index is 0.135. The molecule has 0 spiro atoms. The van der Waals surface area contributed by atoms with Crippen LogP contribution >= 0.6 is 0 Å². The summed E-state index contributed by atoms with van der Waals surface area (Å²) in [7, 11) is 1.52. The Morgan fingerprint density at radius 2 is 2.00 bits per heavy atom. The summed E-state index contributed by atoms with van der Waals surface area (Å²) >= 11 is 0. The number of carbonyl (C=O) groups is 2. The third-order valence-corrected chi connectivity index (χ3v) is 1.83. The molecule has 0 aromatic heterocycles. The van der Waals surface area contributed by atoms with E-state index in [9.17, 15) is 9.59 Å². The highest BCUT2D eigenvalue weighted by Gasteiger charge is 2.17. The van der Waals surface area contributed by atoms with E-state index in [0.29, 0.717) is 19.6 Å². The summed E-state index contributed by atoms with van der Waals surface area (Å²) in [5.74, 6) is -0.899. The normalized spacial score (nSPS) is 10.4. The molecule has 0 radical (unpaired) electrons. The molecule has 0 heterocycles. The van der Waals surface area contributed by atoms with E-state index in [0.717, 1.165) is 0 Å². The Balaban J connectivity index is 4.20. The fourth-order valence-electron chi connectivity index (χ4n) is 1.14. The lowest BCUT2D eigenvalue weighted by atomic mass is 10.1. The van der Waals surface area contributed by atoms with Crippen molar-refractivity contribution < 1.29 is 19.4 Å². The number of amides is 1. The first-order chi connectivity index (χ1) is 6.97. The van der Waals surface area contributed by atoms with Crippen molar-refractivity contribution in [1.82, 2.24) is 4.90 Å². The number of rotatable bonds is 7. The van der Waals surface area contributed by atoms with Gasteiger partial charge in [-0.15, -0.1) is 0 Å². The van der Waals surface area contributed by atoms with Crippen molar-refractivity contribution in [3.8, 4) is 0 Å². The highest BCUT2D eigenvalue weighted by molar-refractivity contribution is 5.81. The molecule has 15 heavy (non-hydrogen) atoms. The zero-order valence-corrected chi connectivity index (χ0v) is 9.52. The van der Waals surface area contributed by atoms with Gasteiger partial charge in [-0.3, -0.25) is 9.59 Å². The molecule has 0 aliphatic heterocycles. The number of hydrogen-bond donors (Lipinski definition) is 1. The average molecular weight is 217 g/mol. The van der Waals surface area contributed by atoms with Crippen molar-refractivity contribution in [2.75, 3.05) is 26.8 Å². The lowest BCUT2D eigenvalue weighted by molar-refractivity contribution is -0.145. The van der Waals surface area contributed by atoms with E-state index < -0.39 is 5.97 Å². The van der Waals surface area contributed by atoms with Gasteiger partial charge in [-0.05, 0) is 5.92 Å². The van der Waals surface area contributed by atoms with Gasteiger partial charge in [0.15, 0.2) is 0 Å². The molecule has 0 rings (SSSR count). The maximum atomic E-state index is 11.6. The largest absolute Gasteiger partial charge is 0.480 e. The van der Waals surface area contributed by atoms with E-state index in [2.05, 4.69) is 0 Å². The van der Waals surface area contributed by atoms with E-state index in [1.165, 1.54) is 12.0 Å². The second-order valence-electron chi connectivity index (χ2n) is 3.80. The summed E-state index contributed by atoms with van der Waals surface area (Å²) in [6.07, 6.45) is 0.372. The number of ether oxygens (including phenoxy) is 1. The number of aliphatic carboxylic acids is 1. The monoisotopic (exact) mass is 217 g/mol. The predicted octanol–water partition coefficient (Wildman–Crippen LogP) is 0.592. The molecule has 0 unspecified atom stereocenters. The Hall–Kier alpha value is -1.10. The van der Waals surface area contributed by atoms with Crippen LogP contribution in [0.2, 0.25) is 0 Å². The Morgan fingerprint density at radius 3 is 2.40 bits per heavy atom. The number of methoxy groups -OCH3 is 1. The number of carboxylic acid groups (broad SMARTS) is 1. The van der Waals surface area contributed by atoms with Crippen LogP contribution in [0.15, 0.2) is 0 Å². The number of carbonyl (C=O) groups excluding carboxylic acids is 1. The fourth-order valence-corrected chi connectivity index (χ4v) is 1.14. The fraction of sp³-hybridized carbons (Fsp3) is 0.800. The van der Waals surface area contributed by atoms with E-state index in [1.807, 2.05) is 13.8 Å². The topological polar surface area (TPSA) is 66.8 Å². The van der Waals surface area contributed by atoms with Crippen molar-refractivity contribution >= 4 is 11.9 Å². The minimum Gasteiger partial charge on any atom is -0.480 e. The van der Waals surface area contributed by atoms with Gasteiger partial charge in [0, 0.05) is 20.1 Å². The van der Waals surface area contributed by atoms with Gasteiger partial charge in [0.05, 0.1) is 6.61 Å². The maximum Gasteiger partial charge on any atom is 0.323 e. The average Bonchev–Trinajstić information content (AvgIpc) is 2.10. The molecule has 1 N–H and O–H groups in total. The van der Waals surface area contributed by atoms with Gasteiger partial charge in [0.2, 0.25) is 5.91 Å². The Morgan fingerprint density at radius 1 is 1.40 bits per heavy atom. The molecule has 88 valence electrons. The lowest BCUT2D eigenvalue weighted by Gasteiger charge is -2.21. The van der Waals surface area contributed by atoms with Crippen LogP contribution in [-0.2, 0) is 14.3 Å². The van der Waals surface area contributed by atoms with Crippen LogP contribution < -0.4 is 0 Å². The molecule has 0 aromatic rings. The van der Waals surface area contributed by atoms with Crippen molar-refractivity contribution in [3.63, 3.8) is 0 Å². The van der Waals surface area contributed by atoms with Crippen molar-refractivity contribution in [2.24, 2.45) is 5.92 Å². The van der Waals surface area contributed by atoms with Gasteiger partial charge >= 0.3 is 5.97 Å². The smallest absolute Gasteiger partial charge is 0.323 e. The highest BCUT2D eigenvalue weighted by Crippen LogP contribution is 2.04. The lowest BCUT2D eigenvalue weighted by Crippen LogP contribution is -2.38. The van der Waals surface area contributed by atoms with E-state index >= 15 is 0 Å². The summed E-state index contributed by atoms with van der Waals surface area (Å²) < 4.78 is 4.82. The standard InChI is InChI=1S/C10H19NO4/c1-8(2)6-9(12)11(4-5-15-3)7-10(13)14/h8H,4-7H2,1-3H3,(H,13,14). The number of carboxylic acids is 1. The first-order valence-corrected chi connectivity index (χ1v) is 4.95. The molecule has 0 aromatic carbocycles. The highest BCUT2D eigenvalue weighted by atomic mass is 16.5. The second-order valence-corrected chi connectivity index (χ2v) is 3.80. The zero-order valence-electron chi connectivity index (χ0n) is 9.52. The summed E-state index contributed by atoms with van der Waals surface area (Å²) in [4.78, 5) is 23.4. The maximum absolute atomic E-state index is 11.6. The summed E-state index contributed by atoms with van der Waals surface area (Å²) in [6, 6.07) is 0. The van der Waals surface area contributed by atoms with E-state index in [1.54, 1.807) is 0 Å². The third-order valence-electron chi connectivity index (χ3n) is 1.83. The molecule has 0 aliphatic carbocycles. The molecule has 5 nitrogen and oxygen atoms in total. The molecule has 0 fully saturated rings. The van der Waals surface area contributed by atoms with Crippen LogP contribution in [0.4, 0.5) is 0 Å². The molecule has 0 atom stereocenters. The minimum atomic E-state index is -0.997. The summed E-state index contributed by atoms with van der Waals surface area (Å²) in [6.45, 7) is 4.28. The molecule has 0 saturated heterocycles. The van der Waals surface area contributed by atoms with Gasteiger partial charge in [-0.25, -0.2) is 0 Å². The van der Waals surface area contributed by atoms with E-state index in [4.69, 9.17) is 9.84 Å². The molecule has 0 aliphatic rings. The van der Waals surface area contributed by atoms with Crippen LogP contribution in [0, 0.1) is 5.92 Å². The molecule has 0 saturated carbocycles. The van der Waals surface area contributed by atoms with Gasteiger partial charge in [-0.2, -0.15) is 0 Å². The Kier molecular flexibility index (Phi) is 6.70. The van der Waals surface area contributed by atoms with Gasteiger partial charge in [0.1, 0.15) is 6.54 Å². The van der Waals surface area contributed by atoms with Crippen LogP contribution in [0.5, 0.6) is 0 Å². The second kappa shape index (κ2) is 7.23. The van der Waals surface area contributed by atoms with Crippen LogP contribution in [0.1, 0.15) is 20.3 Å². The van der Waals surface area contributed by atoms with Crippen molar-refractivity contribution in [1.29, 1.82) is 0 Å². The Labute approximate surface area is 90.0 Å². The Bertz CT molecular complexity index is 215. The first kappa shape index (κ1) is 13.9. The third kappa shape index (κ3) is 6.90. The molecular formula is C10H19NO4. The first-order valence-electron chi connectivity index (χ1n) is 4.95. The molecule has 5 heteroatoms. The number of hydrogen-bond acceptors (Lipinski definition) is 3. The number of nitrogens with zero attached hydrogens (tertiary/aromatic N) is 1. The van der Waals surface area contributed by atoms with Crippen LogP contribution in [0.25, 0.3) is 0 Å². The SMILES string of the molecule is COCCN(CC(=O)O)C(=O)CC(C)C. The summed E-state index contributed by atoms with van der Waals surface area (Å²) in [5.41, 5.74) is 0. The molecule has 1 amide bonds.